The Morgan fingerprint density at radius 3 is 2.78 bits per heavy atom. The molecule has 2 N–H and O–H groups in total. The van der Waals surface area contributed by atoms with Crippen molar-refractivity contribution in [2.45, 2.75) is 19.9 Å². The number of ether oxygens (including phenoxy) is 1. The maximum absolute atomic E-state index is 12.5. The van der Waals surface area contributed by atoms with E-state index in [1.54, 1.807) is 23.7 Å². The van der Waals surface area contributed by atoms with Gasteiger partial charge in [-0.1, -0.05) is 23.7 Å². The van der Waals surface area contributed by atoms with Crippen LogP contribution in [0.1, 0.15) is 25.5 Å². The molecule has 0 saturated heterocycles. The van der Waals surface area contributed by atoms with Gasteiger partial charge in [0.25, 0.3) is 0 Å². The Morgan fingerprint density at radius 2 is 2.13 bits per heavy atom. The lowest BCUT2D eigenvalue weighted by Gasteiger charge is -2.28. The standard InChI is InChI=1S/C15H15ClN4O2S/c1-3-22-13(21)11-8(2)17-14-18-15(23)19-20(14)12(11)9-4-6-10(16)7-5-9/h4-7,12H,3H2,1-2H3,(H2,17,18,19,23)/t12-/m1/s1. The number of halogens is 1. The van der Waals surface area contributed by atoms with Crippen molar-refractivity contribution in [1.29, 1.82) is 0 Å². The van der Waals surface area contributed by atoms with E-state index in [0.29, 0.717) is 33.6 Å². The Kier molecular flexibility index (Phi) is 4.23. The quantitative estimate of drug-likeness (QED) is 0.655. The second kappa shape index (κ2) is 6.17. The highest BCUT2D eigenvalue weighted by Gasteiger charge is 2.33. The first-order valence-corrected chi connectivity index (χ1v) is 7.88. The lowest BCUT2D eigenvalue weighted by Crippen LogP contribution is -2.29. The predicted molar refractivity (Wildman–Crippen MR) is 90.0 cm³/mol. The van der Waals surface area contributed by atoms with Gasteiger partial charge in [0.1, 0.15) is 6.04 Å². The molecule has 1 aliphatic rings. The van der Waals surface area contributed by atoms with Gasteiger partial charge in [-0.15, -0.1) is 0 Å². The summed E-state index contributed by atoms with van der Waals surface area (Å²) in [4.78, 5) is 16.7. The molecular weight excluding hydrogens is 336 g/mol. The molecule has 0 fully saturated rings. The van der Waals surface area contributed by atoms with E-state index in [-0.39, 0.29) is 5.97 Å². The van der Waals surface area contributed by atoms with Gasteiger partial charge in [0.2, 0.25) is 10.7 Å². The molecule has 120 valence electrons. The third kappa shape index (κ3) is 2.89. The smallest absolute Gasteiger partial charge is 0.338 e. The van der Waals surface area contributed by atoms with Gasteiger partial charge < -0.3 is 10.1 Å². The molecule has 2 heterocycles. The summed E-state index contributed by atoms with van der Waals surface area (Å²) >= 11 is 11.1. The summed E-state index contributed by atoms with van der Waals surface area (Å²) in [5.74, 6) is 0.177. The zero-order valence-corrected chi connectivity index (χ0v) is 14.2. The molecule has 2 aromatic rings. The molecule has 1 aromatic carbocycles. The van der Waals surface area contributed by atoms with Crippen molar-refractivity contribution in [2.75, 3.05) is 11.9 Å². The normalized spacial score (nSPS) is 16.7. The Hall–Kier alpha value is -2.12. The van der Waals surface area contributed by atoms with Gasteiger partial charge in [0.05, 0.1) is 12.2 Å². The van der Waals surface area contributed by atoms with Crippen LogP contribution in [-0.2, 0) is 9.53 Å². The number of carbonyl (C=O) groups excluding carboxylic acids is 1. The predicted octanol–water partition coefficient (Wildman–Crippen LogP) is 3.45. The lowest BCUT2D eigenvalue weighted by atomic mass is 9.96. The van der Waals surface area contributed by atoms with Crippen molar-refractivity contribution < 1.29 is 9.53 Å². The Bertz CT molecular complexity index is 838. The molecule has 0 unspecified atom stereocenters. The van der Waals surface area contributed by atoms with E-state index in [4.69, 9.17) is 28.6 Å². The van der Waals surface area contributed by atoms with Crippen LogP contribution in [0, 0.1) is 4.77 Å². The molecule has 1 aromatic heterocycles. The zero-order valence-electron chi connectivity index (χ0n) is 12.6. The van der Waals surface area contributed by atoms with Crippen molar-refractivity contribution in [2.24, 2.45) is 0 Å². The number of nitrogens with zero attached hydrogens (tertiary/aromatic N) is 2. The first-order valence-electron chi connectivity index (χ1n) is 7.10. The number of esters is 1. The molecule has 1 atom stereocenters. The largest absolute Gasteiger partial charge is 0.463 e. The third-order valence-corrected chi connectivity index (χ3v) is 4.00. The molecule has 0 spiro atoms. The highest BCUT2D eigenvalue weighted by atomic mass is 35.5. The number of carbonyl (C=O) groups is 1. The fourth-order valence-electron chi connectivity index (χ4n) is 2.61. The maximum atomic E-state index is 12.5. The SMILES string of the molecule is CCOC(=O)C1=C(C)Nc2nc(=S)[nH]n2[C@@H]1c1ccc(Cl)cc1. The van der Waals surface area contributed by atoms with Gasteiger partial charge in [-0.2, -0.15) is 4.98 Å². The zero-order chi connectivity index (χ0) is 16.6. The highest BCUT2D eigenvalue weighted by molar-refractivity contribution is 7.71. The summed E-state index contributed by atoms with van der Waals surface area (Å²) in [5.41, 5.74) is 2.07. The topological polar surface area (TPSA) is 71.9 Å². The average molecular weight is 351 g/mol. The van der Waals surface area contributed by atoms with Gasteiger partial charge in [0, 0.05) is 10.7 Å². The number of aromatic nitrogens is 3. The van der Waals surface area contributed by atoms with E-state index in [1.807, 2.05) is 19.1 Å². The summed E-state index contributed by atoms with van der Waals surface area (Å²) in [7, 11) is 0. The van der Waals surface area contributed by atoms with E-state index in [1.165, 1.54) is 0 Å². The lowest BCUT2D eigenvalue weighted by molar-refractivity contribution is -0.139. The van der Waals surface area contributed by atoms with Crippen LogP contribution in [0.25, 0.3) is 0 Å². The monoisotopic (exact) mass is 350 g/mol. The third-order valence-electron chi connectivity index (χ3n) is 3.57. The fourth-order valence-corrected chi connectivity index (χ4v) is 2.92. The van der Waals surface area contributed by atoms with Crippen LogP contribution in [0.3, 0.4) is 0 Å². The maximum Gasteiger partial charge on any atom is 0.338 e. The van der Waals surface area contributed by atoms with Crippen LogP contribution < -0.4 is 5.32 Å². The molecule has 0 amide bonds. The molecule has 0 aliphatic carbocycles. The highest BCUT2D eigenvalue weighted by Crippen LogP contribution is 2.35. The number of nitrogens with one attached hydrogen (secondary N) is 2. The van der Waals surface area contributed by atoms with Gasteiger partial charge in [-0.25, -0.2) is 9.48 Å². The molecule has 6 nitrogen and oxygen atoms in total. The van der Waals surface area contributed by atoms with Crippen LogP contribution >= 0.6 is 23.8 Å². The van der Waals surface area contributed by atoms with Crippen LogP contribution in [0.2, 0.25) is 5.02 Å². The van der Waals surface area contributed by atoms with Gasteiger partial charge in [-0.3, -0.25) is 5.10 Å². The first kappa shape index (κ1) is 15.8. The molecular formula is C15H15ClN4O2S. The molecule has 23 heavy (non-hydrogen) atoms. The number of H-pyrrole nitrogens is 1. The van der Waals surface area contributed by atoms with Crippen molar-refractivity contribution in [1.82, 2.24) is 14.8 Å². The minimum absolute atomic E-state index is 0.301. The number of fused-ring (bicyclic) bond motifs is 1. The number of aromatic amines is 1. The number of hydrogen-bond donors (Lipinski definition) is 2. The molecule has 0 radical (unpaired) electrons. The molecule has 0 bridgehead atoms. The van der Waals surface area contributed by atoms with Gasteiger partial charge in [-0.05, 0) is 43.8 Å². The molecule has 0 saturated carbocycles. The average Bonchev–Trinajstić information content (AvgIpc) is 2.86. The van der Waals surface area contributed by atoms with Crippen molar-refractivity contribution in [3.8, 4) is 0 Å². The fraction of sp³-hybridized carbons (Fsp3) is 0.267. The molecule has 3 rings (SSSR count). The van der Waals surface area contributed by atoms with Crippen molar-refractivity contribution >= 4 is 35.7 Å². The van der Waals surface area contributed by atoms with Gasteiger partial charge >= 0.3 is 5.97 Å². The second-order valence-corrected chi connectivity index (χ2v) is 5.88. The summed E-state index contributed by atoms with van der Waals surface area (Å²) in [6.45, 7) is 3.89. The minimum Gasteiger partial charge on any atom is -0.463 e. The van der Waals surface area contributed by atoms with E-state index in [0.717, 1.165) is 5.56 Å². The summed E-state index contributed by atoms with van der Waals surface area (Å²) in [6.07, 6.45) is 0. The Labute approximate surface area is 143 Å². The van der Waals surface area contributed by atoms with E-state index >= 15 is 0 Å². The number of allylic oxidation sites excluding steroid dienone is 1. The summed E-state index contributed by atoms with van der Waals surface area (Å²) in [5, 5.41) is 6.70. The van der Waals surface area contributed by atoms with E-state index in [2.05, 4.69) is 15.4 Å². The molecule has 8 heteroatoms. The van der Waals surface area contributed by atoms with Crippen LogP contribution in [0.5, 0.6) is 0 Å². The summed E-state index contributed by atoms with van der Waals surface area (Å²) in [6, 6.07) is 6.88. The number of benzene rings is 1. The van der Waals surface area contributed by atoms with Crippen LogP contribution in [0.15, 0.2) is 35.5 Å². The second-order valence-electron chi connectivity index (χ2n) is 5.06. The number of anilines is 1. The Balaban J connectivity index is 2.17. The van der Waals surface area contributed by atoms with E-state index < -0.39 is 6.04 Å². The van der Waals surface area contributed by atoms with Gasteiger partial charge in [0.15, 0.2) is 0 Å². The van der Waals surface area contributed by atoms with Crippen molar-refractivity contribution in [3.05, 3.63) is 50.9 Å². The van der Waals surface area contributed by atoms with Crippen molar-refractivity contribution in [3.63, 3.8) is 0 Å². The van der Waals surface area contributed by atoms with E-state index in [9.17, 15) is 4.79 Å². The summed E-state index contributed by atoms with van der Waals surface area (Å²) < 4.78 is 7.28. The first-order chi connectivity index (χ1) is 11.0. The number of rotatable bonds is 3. The Morgan fingerprint density at radius 1 is 1.43 bits per heavy atom. The minimum atomic E-state index is -0.410. The van der Waals surface area contributed by atoms with Crippen LogP contribution in [0.4, 0.5) is 5.95 Å². The number of hydrogen-bond acceptors (Lipinski definition) is 5. The molecule has 1 aliphatic heterocycles. The van der Waals surface area contributed by atoms with Crippen LogP contribution in [-0.4, -0.2) is 27.3 Å².